The molecule has 0 fully saturated rings. The van der Waals surface area contributed by atoms with Gasteiger partial charge >= 0.3 is 5.95 Å². The first-order chi connectivity index (χ1) is 5.15. The molecular formula is C5H3ClO3S2. The van der Waals surface area contributed by atoms with E-state index < -0.39 is 5.95 Å². The highest BCUT2D eigenvalue weighted by molar-refractivity contribution is 7.36. The zero-order valence-electron chi connectivity index (χ0n) is 5.07. The fourth-order valence-electron chi connectivity index (χ4n) is 0.413. The number of aliphatic hydroxyl groups is 2. The molecule has 1 aromatic heterocycles. The minimum Gasteiger partial charge on any atom is -0.479 e. The van der Waals surface area contributed by atoms with Crippen LogP contribution in [0.25, 0.3) is 11.0 Å². The number of hydrogen-bond acceptors (Lipinski definition) is 5. The Bertz CT molecular complexity index is 352. The Morgan fingerprint density at radius 1 is 1.36 bits per heavy atom. The largest absolute Gasteiger partial charge is 0.479 e. The monoisotopic (exact) mass is 210 g/mol. The molecule has 0 unspecified atom stereocenters. The molecule has 0 aromatic carbocycles. The van der Waals surface area contributed by atoms with Crippen molar-refractivity contribution in [3.63, 3.8) is 0 Å². The van der Waals surface area contributed by atoms with E-state index in [0.717, 1.165) is 22.7 Å². The molecule has 6 heteroatoms. The third kappa shape index (κ3) is 1.74. The van der Waals surface area contributed by atoms with E-state index in [0.29, 0.717) is 14.0 Å². The highest BCUT2D eigenvalue weighted by atomic mass is 35.5. The van der Waals surface area contributed by atoms with E-state index in [2.05, 4.69) is 0 Å². The Labute approximate surface area is 74.5 Å². The minimum absolute atomic E-state index is 0.102. The van der Waals surface area contributed by atoms with Gasteiger partial charge in [0.25, 0.3) is 0 Å². The van der Waals surface area contributed by atoms with Gasteiger partial charge in [0.05, 0.1) is 0 Å². The summed E-state index contributed by atoms with van der Waals surface area (Å²) in [6, 6.07) is 0. The maximum atomic E-state index is 10.1. The van der Waals surface area contributed by atoms with Gasteiger partial charge in [-0.15, -0.1) is 22.7 Å². The number of hydrogen-bond donors (Lipinski definition) is 2. The summed E-state index contributed by atoms with van der Waals surface area (Å²) in [6.07, 6.45) is 0.516. The van der Waals surface area contributed by atoms with Crippen molar-refractivity contribution in [3.8, 4) is 0 Å². The standard InChI is InChI=1S/C5H3ClO3S2/c6-2(1-7)4-10-5(11-4)3(8)9/h1,8-9H. The molecule has 0 saturated carbocycles. The van der Waals surface area contributed by atoms with E-state index >= 15 is 0 Å². The number of carbonyl (C=O) groups is 1. The Morgan fingerprint density at radius 2 is 1.91 bits per heavy atom. The normalized spacial score (nSPS) is 9.55. The van der Waals surface area contributed by atoms with E-state index in [-0.39, 0.29) is 5.03 Å². The number of rotatable bonds is 1. The van der Waals surface area contributed by atoms with Gasteiger partial charge in [-0.05, 0) is 0 Å². The molecule has 0 amide bonds. The molecular weight excluding hydrogens is 208 g/mol. The lowest BCUT2D eigenvalue weighted by Crippen LogP contribution is -2.14. The van der Waals surface area contributed by atoms with Crippen LogP contribution >= 0.6 is 34.3 Å². The van der Waals surface area contributed by atoms with Crippen molar-refractivity contribution in [1.82, 2.24) is 0 Å². The number of aldehydes is 1. The summed E-state index contributed by atoms with van der Waals surface area (Å²) >= 11 is 7.57. The minimum atomic E-state index is -0.723. The molecule has 0 aliphatic rings. The third-order valence-electron chi connectivity index (χ3n) is 0.852. The van der Waals surface area contributed by atoms with Crippen molar-refractivity contribution in [3.05, 3.63) is 7.69 Å². The molecule has 1 heterocycles. The van der Waals surface area contributed by atoms with Gasteiger partial charge in [-0.3, -0.25) is 4.79 Å². The van der Waals surface area contributed by atoms with Gasteiger partial charge in [0, 0.05) is 0 Å². The molecule has 1 rings (SSSR count). The first-order valence-corrected chi connectivity index (χ1v) is 4.49. The van der Waals surface area contributed by atoms with E-state index in [4.69, 9.17) is 21.8 Å². The zero-order valence-corrected chi connectivity index (χ0v) is 7.46. The summed E-state index contributed by atoms with van der Waals surface area (Å²) in [5, 5.41) is 17.1. The van der Waals surface area contributed by atoms with Crippen LogP contribution < -0.4 is 7.69 Å². The van der Waals surface area contributed by atoms with Gasteiger partial charge in [0.1, 0.15) is 8.88 Å². The molecule has 0 spiro atoms. The van der Waals surface area contributed by atoms with Crippen LogP contribution in [0.3, 0.4) is 0 Å². The van der Waals surface area contributed by atoms with E-state index in [1.54, 1.807) is 0 Å². The second kappa shape index (κ2) is 3.25. The van der Waals surface area contributed by atoms with E-state index in [1.807, 2.05) is 0 Å². The molecule has 0 radical (unpaired) electrons. The van der Waals surface area contributed by atoms with Crippen LogP contribution in [-0.4, -0.2) is 16.5 Å². The maximum absolute atomic E-state index is 10.1. The van der Waals surface area contributed by atoms with Crippen molar-refractivity contribution >= 4 is 51.5 Å². The van der Waals surface area contributed by atoms with Crippen LogP contribution in [0, 0.1) is 0 Å². The lowest BCUT2D eigenvalue weighted by Gasteiger charge is -1.91. The molecule has 0 saturated heterocycles. The molecule has 11 heavy (non-hydrogen) atoms. The molecule has 0 bridgehead atoms. The summed E-state index contributed by atoms with van der Waals surface area (Å²) in [7, 11) is 0. The van der Waals surface area contributed by atoms with Crippen molar-refractivity contribution < 1.29 is 15.0 Å². The van der Waals surface area contributed by atoms with E-state index in [1.165, 1.54) is 0 Å². The second-order valence-electron chi connectivity index (χ2n) is 1.57. The summed E-state index contributed by atoms with van der Waals surface area (Å²) in [5.74, 6) is -0.723. The first kappa shape index (κ1) is 8.58. The number of aliphatic hydroxyl groups excluding tert-OH is 1. The number of carbonyl (C=O) groups excluding carboxylic acids is 1. The lowest BCUT2D eigenvalue weighted by atomic mass is 10.7. The van der Waals surface area contributed by atoms with Gasteiger partial charge in [0.15, 0.2) is 10.1 Å². The molecule has 0 aliphatic carbocycles. The molecule has 3 nitrogen and oxygen atoms in total. The number of halogens is 1. The highest BCUT2D eigenvalue weighted by Crippen LogP contribution is 2.00. The quantitative estimate of drug-likeness (QED) is 0.666. The van der Waals surface area contributed by atoms with Gasteiger partial charge < -0.3 is 10.2 Å². The molecule has 1 aromatic rings. The predicted molar refractivity (Wildman–Crippen MR) is 45.4 cm³/mol. The van der Waals surface area contributed by atoms with Crippen LogP contribution in [0.15, 0.2) is 0 Å². The Hall–Kier alpha value is -0.520. The van der Waals surface area contributed by atoms with Gasteiger partial charge in [-0.25, -0.2) is 0 Å². The smallest absolute Gasteiger partial charge is 0.302 e. The van der Waals surface area contributed by atoms with Crippen molar-refractivity contribution in [1.29, 1.82) is 0 Å². The Balaban J connectivity index is 3.19. The topological polar surface area (TPSA) is 57.5 Å². The van der Waals surface area contributed by atoms with Crippen LogP contribution in [0.4, 0.5) is 0 Å². The SMILES string of the molecule is O=CC(Cl)=c1sc(=C(O)O)s1. The average Bonchev–Trinajstić information content (AvgIpc) is 1.83. The molecule has 0 aliphatic heterocycles. The summed E-state index contributed by atoms with van der Waals surface area (Å²) < 4.78 is 0.956. The van der Waals surface area contributed by atoms with Crippen molar-refractivity contribution in [2.75, 3.05) is 0 Å². The third-order valence-corrected chi connectivity index (χ3v) is 3.90. The Morgan fingerprint density at radius 3 is 2.27 bits per heavy atom. The Kier molecular flexibility index (Phi) is 2.53. The predicted octanol–water partition coefficient (Wildman–Crippen LogP) is 0.537. The fourth-order valence-corrected chi connectivity index (χ4v) is 2.22. The van der Waals surface area contributed by atoms with Crippen LogP contribution in [0.1, 0.15) is 0 Å². The van der Waals surface area contributed by atoms with Gasteiger partial charge in [-0.2, -0.15) is 0 Å². The van der Waals surface area contributed by atoms with Gasteiger partial charge in [0.2, 0.25) is 0 Å². The summed E-state index contributed by atoms with van der Waals surface area (Å²) in [5.41, 5.74) is 0. The average molecular weight is 211 g/mol. The van der Waals surface area contributed by atoms with Crippen LogP contribution in [0.5, 0.6) is 0 Å². The van der Waals surface area contributed by atoms with Crippen molar-refractivity contribution in [2.45, 2.75) is 0 Å². The second-order valence-corrected chi connectivity index (χ2v) is 4.53. The van der Waals surface area contributed by atoms with E-state index in [9.17, 15) is 4.79 Å². The maximum Gasteiger partial charge on any atom is 0.302 e. The molecule has 60 valence electrons. The molecule has 0 atom stereocenters. The summed E-state index contributed by atoms with van der Waals surface area (Å²) in [6.45, 7) is 0. The molecule has 2 N–H and O–H groups in total. The van der Waals surface area contributed by atoms with Crippen LogP contribution in [-0.2, 0) is 4.79 Å². The summed E-state index contributed by atoms with van der Waals surface area (Å²) in [4.78, 5) is 10.1. The van der Waals surface area contributed by atoms with Crippen LogP contribution in [0.2, 0.25) is 0 Å². The van der Waals surface area contributed by atoms with Crippen molar-refractivity contribution in [2.24, 2.45) is 0 Å². The fraction of sp³-hybridized carbons (Fsp3) is 0. The highest BCUT2D eigenvalue weighted by Gasteiger charge is 2.00. The first-order valence-electron chi connectivity index (χ1n) is 2.48. The zero-order chi connectivity index (χ0) is 8.43. The lowest BCUT2D eigenvalue weighted by molar-refractivity contribution is -0.103. The van der Waals surface area contributed by atoms with Gasteiger partial charge in [-0.1, -0.05) is 11.6 Å².